The zero-order chi connectivity index (χ0) is 12.4. The van der Waals surface area contributed by atoms with Crippen LogP contribution in [0, 0.1) is 5.92 Å². The average molecular weight is 255 g/mol. The fourth-order valence-corrected chi connectivity index (χ4v) is 3.52. The second kappa shape index (κ2) is 4.96. The van der Waals surface area contributed by atoms with E-state index in [0.29, 0.717) is 25.8 Å². The molecule has 0 bridgehead atoms. The number of hydrogen-bond donors (Lipinski definition) is 0. The fourth-order valence-electron chi connectivity index (χ4n) is 1.95. The third kappa shape index (κ3) is 3.13. The second-order valence-corrected chi connectivity index (χ2v) is 6.52. The Morgan fingerprint density at radius 3 is 2.50 bits per heavy atom. The van der Waals surface area contributed by atoms with Gasteiger partial charge in [0, 0.05) is 25.9 Å². The Morgan fingerprint density at radius 1 is 1.38 bits per heavy atom. The van der Waals surface area contributed by atoms with Gasteiger partial charge in [0.15, 0.2) is 0 Å². The maximum atomic E-state index is 13.5. The van der Waals surface area contributed by atoms with Crippen molar-refractivity contribution < 1.29 is 17.2 Å². The highest BCUT2D eigenvalue weighted by Crippen LogP contribution is 2.39. The van der Waals surface area contributed by atoms with Gasteiger partial charge in [-0.25, -0.2) is 21.5 Å². The van der Waals surface area contributed by atoms with Crippen LogP contribution in [0.3, 0.4) is 0 Å². The van der Waals surface area contributed by atoms with E-state index in [2.05, 4.69) is 0 Å². The smallest absolute Gasteiger partial charge is 0.212 e. The van der Waals surface area contributed by atoms with Crippen molar-refractivity contribution in [2.75, 3.05) is 19.3 Å². The topological polar surface area (TPSA) is 37.4 Å². The minimum Gasteiger partial charge on any atom is -0.212 e. The van der Waals surface area contributed by atoms with E-state index in [4.69, 9.17) is 0 Å². The van der Waals surface area contributed by atoms with Gasteiger partial charge in [-0.2, -0.15) is 0 Å². The predicted octanol–water partition coefficient (Wildman–Crippen LogP) is 2.09. The van der Waals surface area contributed by atoms with Gasteiger partial charge >= 0.3 is 0 Å². The first kappa shape index (κ1) is 13.8. The molecule has 0 aromatic carbocycles. The fraction of sp³-hybridized carbons (Fsp3) is 1.00. The molecule has 3 nitrogen and oxygen atoms in total. The summed E-state index contributed by atoms with van der Waals surface area (Å²) in [6.45, 7) is 2.01. The van der Waals surface area contributed by atoms with Crippen molar-refractivity contribution in [3.05, 3.63) is 0 Å². The first-order valence-corrected chi connectivity index (χ1v) is 7.22. The molecule has 96 valence electrons. The summed E-state index contributed by atoms with van der Waals surface area (Å²) in [6, 6.07) is 0. The van der Waals surface area contributed by atoms with Crippen LogP contribution < -0.4 is 0 Å². The Morgan fingerprint density at radius 2 is 2.00 bits per heavy atom. The van der Waals surface area contributed by atoms with E-state index < -0.39 is 27.6 Å². The van der Waals surface area contributed by atoms with Gasteiger partial charge in [0.1, 0.15) is 0 Å². The minimum atomic E-state index is -3.53. The molecule has 16 heavy (non-hydrogen) atoms. The van der Waals surface area contributed by atoms with Crippen LogP contribution in [0.2, 0.25) is 0 Å². The summed E-state index contributed by atoms with van der Waals surface area (Å²) in [4.78, 5) is 0. The van der Waals surface area contributed by atoms with Crippen LogP contribution in [0.15, 0.2) is 0 Å². The van der Waals surface area contributed by atoms with Crippen LogP contribution in [-0.4, -0.2) is 38.0 Å². The highest BCUT2D eigenvalue weighted by molar-refractivity contribution is 7.89. The number of rotatable bonds is 4. The summed E-state index contributed by atoms with van der Waals surface area (Å²) < 4.78 is 51.5. The quantitative estimate of drug-likeness (QED) is 0.771. The summed E-state index contributed by atoms with van der Waals surface area (Å²) in [5.74, 6) is -4.26. The third-order valence-electron chi connectivity index (χ3n) is 3.24. The van der Waals surface area contributed by atoms with Crippen molar-refractivity contribution in [1.82, 2.24) is 4.31 Å². The van der Waals surface area contributed by atoms with Crippen molar-refractivity contribution in [1.29, 1.82) is 0 Å². The molecule has 1 saturated carbocycles. The van der Waals surface area contributed by atoms with Gasteiger partial charge in [-0.15, -0.1) is 0 Å². The van der Waals surface area contributed by atoms with Gasteiger partial charge in [-0.05, 0) is 12.8 Å². The molecule has 0 N–H and O–H groups in total. The van der Waals surface area contributed by atoms with E-state index in [-0.39, 0.29) is 6.42 Å². The molecular formula is C10H19F2NO2S. The van der Waals surface area contributed by atoms with Crippen molar-refractivity contribution >= 4 is 10.0 Å². The summed E-state index contributed by atoms with van der Waals surface area (Å²) in [7, 11) is -2.10. The predicted molar refractivity (Wildman–Crippen MR) is 59.0 cm³/mol. The zero-order valence-electron chi connectivity index (χ0n) is 9.75. The Balaban J connectivity index is 2.72. The van der Waals surface area contributed by atoms with Crippen LogP contribution in [0.25, 0.3) is 0 Å². The maximum absolute atomic E-state index is 13.5. The normalized spacial score (nSPS) is 25.9. The molecule has 0 spiro atoms. The average Bonchev–Trinajstić information content (AvgIpc) is 2.19. The van der Waals surface area contributed by atoms with E-state index in [1.807, 2.05) is 0 Å². The molecule has 0 heterocycles. The monoisotopic (exact) mass is 255 g/mol. The second-order valence-electron chi connectivity index (χ2n) is 4.40. The molecule has 0 radical (unpaired) electrons. The Kier molecular flexibility index (Phi) is 4.29. The maximum Gasteiger partial charge on any atom is 0.251 e. The molecule has 0 aliphatic heterocycles. The summed E-state index contributed by atoms with van der Waals surface area (Å²) in [5, 5.41) is 0. The number of sulfonamides is 1. The third-order valence-corrected chi connectivity index (χ3v) is 5.27. The van der Waals surface area contributed by atoms with E-state index in [1.165, 1.54) is 7.05 Å². The van der Waals surface area contributed by atoms with Gasteiger partial charge in [-0.1, -0.05) is 13.3 Å². The Bertz CT molecular complexity index is 330. The van der Waals surface area contributed by atoms with Crippen molar-refractivity contribution in [3.8, 4) is 0 Å². The van der Waals surface area contributed by atoms with Gasteiger partial charge in [-0.3, -0.25) is 0 Å². The molecule has 1 rings (SSSR count). The molecule has 1 unspecified atom stereocenters. The van der Waals surface area contributed by atoms with E-state index >= 15 is 0 Å². The van der Waals surface area contributed by atoms with Crippen molar-refractivity contribution in [3.63, 3.8) is 0 Å². The summed E-state index contributed by atoms with van der Waals surface area (Å²) in [6.07, 6.45) is 1.32. The lowest BCUT2D eigenvalue weighted by Gasteiger charge is -2.31. The summed E-state index contributed by atoms with van der Waals surface area (Å²) in [5.41, 5.74) is 0. The van der Waals surface area contributed by atoms with Gasteiger partial charge in [0.2, 0.25) is 10.0 Å². The van der Waals surface area contributed by atoms with Crippen molar-refractivity contribution in [2.24, 2.45) is 5.92 Å². The van der Waals surface area contributed by atoms with E-state index in [0.717, 1.165) is 4.31 Å². The molecular weight excluding hydrogens is 236 g/mol. The molecule has 1 fully saturated rings. The van der Waals surface area contributed by atoms with Crippen LogP contribution >= 0.6 is 0 Å². The molecule has 0 aromatic heterocycles. The first-order chi connectivity index (χ1) is 7.29. The van der Waals surface area contributed by atoms with Crippen LogP contribution in [0.1, 0.15) is 32.6 Å². The molecule has 6 heteroatoms. The SMILES string of the molecule is CCN(C)S(=O)(=O)CC1CCCCC1(F)F. The number of alkyl halides is 2. The molecule has 1 aliphatic carbocycles. The molecule has 1 atom stereocenters. The molecule has 1 aliphatic rings. The Labute approximate surface area is 95.9 Å². The van der Waals surface area contributed by atoms with E-state index in [9.17, 15) is 17.2 Å². The van der Waals surface area contributed by atoms with Crippen LogP contribution in [-0.2, 0) is 10.0 Å². The first-order valence-electron chi connectivity index (χ1n) is 5.61. The standard InChI is InChI=1S/C10H19F2NO2S/c1-3-13(2)16(14,15)8-9-6-4-5-7-10(9,11)12/h9H,3-8H2,1-2H3. The van der Waals surface area contributed by atoms with Crippen LogP contribution in [0.5, 0.6) is 0 Å². The van der Waals surface area contributed by atoms with E-state index in [1.54, 1.807) is 6.92 Å². The number of nitrogens with zero attached hydrogens (tertiary/aromatic N) is 1. The summed E-state index contributed by atoms with van der Waals surface area (Å²) >= 11 is 0. The highest BCUT2D eigenvalue weighted by Gasteiger charge is 2.43. The highest BCUT2D eigenvalue weighted by atomic mass is 32.2. The van der Waals surface area contributed by atoms with Gasteiger partial charge in [0.05, 0.1) is 5.75 Å². The minimum absolute atomic E-state index is 0.178. The zero-order valence-corrected chi connectivity index (χ0v) is 10.6. The number of halogens is 2. The molecule has 0 aromatic rings. The van der Waals surface area contributed by atoms with Gasteiger partial charge < -0.3 is 0 Å². The number of hydrogen-bond acceptors (Lipinski definition) is 2. The lowest BCUT2D eigenvalue weighted by molar-refractivity contribution is -0.0772. The molecule has 0 amide bonds. The lowest BCUT2D eigenvalue weighted by atomic mass is 9.87. The molecule has 0 saturated heterocycles. The van der Waals surface area contributed by atoms with Crippen molar-refractivity contribution in [2.45, 2.75) is 38.5 Å². The Hall–Kier alpha value is -0.230. The van der Waals surface area contributed by atoms with Crippen LogP contribution in [0.4, 0.5) is 8.78 Å². The van der Waals surface area contributed by atoms with Gasteiger partial charge in [0.25, 0.3) is 5.92 Å². The lowest BCUT2D eigenvalue weighted by Crippen LogP contribution is -2.40. The largest absolute Gasteiger partial charge is 0.251 e.